The van der Waals surface area contributed by atoms with E-state index < -0.39 is 57.7 Å². The Morgan fingerprint density at radius 1 is 1.42 bits per heavy atom. The molecule has 0 bridgehead atoms. The molecule has 0 amide bonds. The van der Waals surface area contributed by atoms with E-state index in [1.807, 2.05) is 4.93 Å². The molecular formula is C13H24IN2O9P. The molecule has 1 saturated heterocycles. The number of halogens is 1. The van der Waals surface area contributed by atoms with Gasteiger partial charge < -0.3 is 5.11 Å². The minimum atomic E-state index is -4.67. The fraction of sp³-hybridized carbons (Fsp3) is 0.692. The van der Waals surface area contributed by atoms with Crippen LogP contribution in [0.3, 0.4) is 0 Å². The summed E-state index contributed by atoms with van der Waals surface area (Å²) in [4.78, 5) is 45.2. The molecule has 1 aromatic rings. The fourth-order valence-electron chi connectivity index (χ4n) is 2.58. The maximum absolute atomic E-state index is 11.9. The zero-order valence-electron chi connectivity index (χ0n) is 14.7. The number of phosphoric acid groups is 1. The van der Waals surface area contributed by atoms with Gasteiger partial charge in [-0.15, -0.1) is 0 Å². The molecule has 0 spiro atoms. The summed E-state index contributed by atoms with van der Waals surface area (Å²) < 4.78 is 28.3. The van der Waals surface area contributed by atoms with E-state index in [2.05, 4.69) is 4.98 Å². The van der Waals surface area contributed by atoms with Crippen molar-refractivity contribution >= 4 is 28.1 Å². The van der Waals surface area contributed by atoms with Crippen molar-refractivity contribution in [3.05, 3.63) is 33.1 Å². The molecular weight excluding hydrogens is 486 g/mol. The number of ether oxygens (including phenoxy) is 1. The van der Waals surface area contributed by atoms with E-state index in [1.165, 1.54) is 23.8 Å². The van der Waals surface area contributed by atoms with Crippen molar-refractivity contribution in [1.82, 2.24) is 9.55 Å². The quantitative estimate of drug-likeness (QED) is 0.235. The van der Waals surface area contributed by atoms with Crippen LogP contribution in [-0.2, 0) is 16.9 Å². The van der Waals surface area contributed by atoms with Gasteiger partial charge in [-0.3, -0.25) is 0 Å². The van der Waals surface area contributed by atoms with E-state index >= 15 is 0 Å². The molecule has 0 aliphatic carbocycles. The summed E-state index contributed by atoms with van der Waals surface area (Å²) in [7, 11) is -2.09. The summed E-state index contributed by atoms with van der Waals surface area (Å²) in [5.74, 6) is 0. The van der Waals surface area contributed by atoms with E-state index in [-0.39, 0.29) is 3.92 Å². The van der Waals surface area contributed by atoms with Gasteiger partial charge in [0, 0.05) is 7.11 Å². The van der Waals surface area contributed by atoms with Gasteiger partial charge in [-0.25, -0.2) is 0 Å². The zero-order chi connectivity index (χ0) is 20.1. The molecule has 1 aliphatic heterocycles. The van der Waals surface area contributed by atoms with Crippen molar-refractivity contribution in [3.8, 4) is 0 Å². The Hall–Kier alpha value is -0.600. The summed E-state index contributed by atoms with van der Waals surface area (Å²) in [6.07, 6.45) is -0.408. The van der Waals surface area contributed by atoms with Crippen LogP contribution in [0, 0.1) is 0 Å². The number of rotatable bonds is 6. The van der Waals surface area contributed by atoms with Crippen molar-refractivity contribution in [3.63, 3.8) is 0 Å². The molecule has 0 saturated carbocycles. The second-order valence-electron chi connectivity index (χ2n) is 5.24. The molecule has 4 unspecified atom stereocenters. The van der Waals surface area contributed by atoms with Crippen molar-refractivity contribution in [2.45, 2.75) is 35.7 Å². The number of aliphatic hydroxyl groups is 1. The Kier molecular flexibility index (Phi) is 9.09. The summed E-state index contributed by atoms with van der Waals surface area (Å²) in [6, 6.07) is 1.21. The van der Waals surface area contributed by atoms with Crippen LogP contribution >= 0.6 is 28.1 Å². The Bertz CT molecular complexity index is 733. The number of aromatic nitrogens is 2. The summed E-state index contributed by atoms with van der Waals surface area (Å²) in [6.45, 7) is 1.51. The maximum atomic E-state index is 11.9. The molecule has 13 heteroatoms. The summed E-state index contributed by atoms with van der Waals surface area (Å²) >= 11 is -1.94. The second-order valence-corrected chi connectivity index (χ2v) is 11.5. The van der Waals surface area contributed by atoms with E-state index in [4.69, 9.17) is 27.2 Å². The predicted molar refractivity (Wildman–Crippen MR) is 101 cm³/mol. The molecule has 11 nitrogen and oxygen atoms in total. The van der Waals surface area contributed by atoms with Gasteiger partial charge in [0.15, 0.2) is 0 Å². The number of aromatic amines is 1. The van der Waals surface area contributed by atoms with Crippen molar-refractivity contribution in [1.29, 1.82) is 0 Å². The number of phosphoric ester groups is 1. The number of nitrogens with one attached hydrogen (secondary N) is 1. The van der Waals surface area contributed by atoms with E-state index in [1.54, 1.807) is 7.11 Å². The first kappa shape index (κ1) is 23.4. The first-order chi connectivity index (χ1) is 12.1. The third kappa shape index (κ3) is 6.23. The Morgan fingerprint density at radius 2 is 2.04 bits per heavy atom. The number of hydrogen-bond donors (Lipinski definition) is 4. The first-order valence-corrected chi connectivity index (χ1v) is 13.2. The number of hydrogen-bond acceptors (Lipinski definition) is 7. The SMILES string of the molecule is CO.COI(C)C1CC(n2ccc(=O)[nH]c2=O)OC1C(C)OP(=O)(O)O. The van der Waals surface area contributed by atoms with Gasteiger partial charge in [0.1, 0.15) is 0 Å². The summed E-state index contributed by atoms with van der Waals surface area (Å²) in [5.41, 5.74) is -1.12. The Labute approximate surface area is 157 Å². The fourth-order valence-corrected chi connectivity index (χ4v) is 6.69. The monoisotopic (exact) mass is 510 g/mol. The van der Waals surface area contributed by atoms with Gasteiger partial charge in [-0.05, 0) is 0 Å². The topological polar surface area (TPSA) is 160 Å². The molecule has 2 rings (SSSR count). The van der Waals surface area contributed by atoms with Crippen LogP contribution < -0.4 is 11.2 Å². The standard InChI is InChI=1S/C12H20IN2O8P.CH4O/c1-7(23-24(18,19)20)11-8(13(2)21-3)6-10(22-11)15-5-4-9(16)14-12(15)17;1-2/h4-5,7-8,10-11H,6H2,1-3H3,(H,14,16,17)(H2,18,19,20);2H,1H3. The molecule has 152 valence electrons. The third-order valence-electron chi connectivity index (χ3n) is 3.66. The Balaban J connectivity index is 0.00000163. The molecule has 1 aromatic heterocycles. The average Bonchev–Trinajstić information content (AvgIpc) is 2.99. The molecule has 4 atom stereocenters. The van der Waals surface area contributed by atoms with Gasteiger partial charge in [-0.2, -0.15) is 0 Å². The summed E-state index contributed by atoms with van der Waals surface area (Å²) in [5, 5.41) is 7.00. The predicted octanol–water partition coefficient (Wildman–Crippen LogP) is -0.00340. The van der Waals surface area contributed by atoms with E-state index in [0.29, 0.717) is 6.42 Å². The van der Waals surface area contributed by atoms with Crippen molar-refractivity contribution in [2.24, 2.45) is 0 Å². The molecule has 1 fully saturated rings. The van der Waals surface area contributed by atoms with Crippen LogP contribution in [0.1, 0.15) is 19.6 Å². The molecule has 2 heterocycles. The number of H-pyrrole nitrogens is 1. The third-order valence-corrected chi connectivity index (χ3v) is 9.13. The molecule has 0 radical (unpaired) electrons. The number of nitrogens with zero attached hydrogens (tertiary/aromatic N) is 1. The van der Waals surface area contributed by atoms with Crippen LogP contribution in [0.25, 0.3) is 0 Å². The Morgan fingerprint density at radius 3 is 2.54 bits per heavy atom. The normalized spacial score (nSPS) is 24.6. The van der Waals surface area contributed by atoms with Crippen LogP contribution in [0.2, 0.25) is 0 Å². The van der Waals surface area contributed by atoms with Crippen LogP contribution in [0.4, 0.5) is 0 Å². The minimum absolute atomic E-state index is 0.107. The van der Waals surface area contributed by atoms with Crippen LogP contribution in [0.15, 0.2) is 21.9 Å². The van der Waals surface area contributed by atoms with Gasteiger partial charge in [0.25, 0.3) is 0 Å². The molecule has 1 aliphatic rings. The van der Waals surface area contributed by atoms with Crippen LogP contribution in [0.5, 0.6) is 0 Å². The average molecular weight is 510 g/mol. The van der Waals surface area contributed by atoms with Crippen LogP contribution in [-0.4, -0.2) is 59.7 Å². The van der Waals surface area contributed by atoms with Crippen molar-refractivity contribution < 1.29 is 31.8 Å². The molecule has 4 N–H and O–H groups in total. The number of aliphatic hydroxyl groups excluding tert-OH is 1. The molecule has 0 aromatic carbocycles. The van der Waals surface area contributed by atoms with Gasteiger partial charge in [0.2, 0.25) is 0 Å². The number of alkyl halides is 2. The van der Waals surface area contributed by atoms with Gasteiger partial charge >= 0.3 is 145 Å². The van der Waals surface area contributed by atoms with E-state index in [9.17, 15) is 14.2 Å². The van der Waals surface area contributed by atoms with Gasteiger partial charge in [0.05, 0.1) is 0 Å². The first-order valence-electron chi connectivity index (χ1n) is 7.41. The van der Waals surface area contributed by atoms with E-state index in [0.717, 1.165) is 7.11 Å². The second kappa shape index (κ2) is 10.1. The molecule has 26 heavy (non-hydrogen) atoms. The van der Waals surface area contributed by atoms with Gasteiger partial charge in [-0.1, -0.05) is 0 Å². The zero-order valence-corrected chi connectivity index (χ0v) is 17.8. The van der Waals surface area contributed by atoms with Crippen molar-refractivity contribution in [2.75, 3.05) is 19.2 Å².